The van der Waals surface area contributed by atoms with E-state index in [1.54, 1.807) is 0 Å². The third-order valence-electron chi connectivity index (χ3n) is 2.29. The lowest BCUT2D eigenvalue weighted by Crippen LogP contribution is -2.38. The molecule has 0 aliphatic carbocycles. The summed E-state index contributed by atoms with van der Waals surface area (Å²) in [6.07, 6.45) is 0. The summed E-state index contributed by atoms with van der Waals surface area (Å²) < 4.78 is 6.35. The number of carbonyl (C=O) groups is 1. The molecule has 4 heteroatoms. The van der Waals surface area contributed by atoms with E-state index in [1.807, 2.05) is 52.0 Å². The fourth-order valence-electron chi connectivity index (χ4n) is 1.35. The Morgan fingerprint density at radius 1 is 1.33 bits per heavy atom. The highest BCUT2D eigenvalue weighted by Crippen LogP contribution is 2.11. The van der Waals surface area contributed by atoms with Gasteiger partial charge in [-0.05, 0) is 45.4 Å². The van der Waals surface area contributed by atoms with Crippen LogP contribution < -0.4 is 5.32 Å². The van der Waals surface area contributed by atoms with Crippen LogP contribution >= 0.6 is 15.9 Å². The zero-order valence-corrected chi connectivity index (χ0v) is 12.9. The number of nitrogens with one attached hydrogen (secondary N) is 1. The van der Waals surface area contributed by atoms with Gasteiger partial charge in [0.05, 0.1) is 0 Å². The number of hydrogen-bond acceptors (Lipinski definition) is 3. The van der Waals surface area contributed by atoms with Crippen LogP contribution in [0.2, 0.25) is 0 Å². The van der Waals surface area contributed by atoms with Gasteiger partial charge in [-0.2, -0.15) is 0 Å². The van der Waals surface area contributed by atoms with Crippen LogP contribution in [0.1, 0.15) is 33.3 Å². The molecule has 18 heavy (non-hydrogen) atoms. The van der Waals surface area contributed by atoms with Gasteiger partial charge >= 0.3 is 5.97 Å². The summed E-state index contributed by atoms with van der Waals surface area (Å²) in [6.45, 7) is 8.06. The molecule has 0 bridgehead atoms. The molecule has 0 heterocycles. The molecule has 1 aromatic carbocycles. The molecule has 0 amide bonds. The van der Waals surface area contributed by atoms with Crippen molar-refractivity contribution in [3.63, 3.8) is 0 Å². The van der Waals surface area contributed by atoms with Gasteiger partial charge in [0.1, 0.15) is 11.6 Å². The van der Waals surface area contributed by atoms with Crippen LogP contribution in [0, 0.1) is 0 Å². The lowest BCUT2D eigenvalue weighted by atomic mass is 10.2. The molecule has 1 atom stereocenters. The first-order valence-electron chi connectivity index (χ1n) is 5.98. The van der Waals surface area contributed by atoms with Crippen LogP contribution in [0.5, 0.6) is 0 Å². The van der Waals surface area contributed by atoms with Crippen molar-refractivity contribution in [2.75, 3.05) is 0 Å². The average Bonchev–Trinajstić information content (AvgIpc) is 2.25. The Hall–Kier alpha value is -0.870. The van der Waals surface area contributed by atoms with Gasteiger partial charge in [-0.3, -0.25) is 4.79 Å². The first-order valence-corrected chi connectivity index (χ1v) is 6.78. The Kier molecular flexibility index (Phi) is 5.35. The van der Waals surface area contributed by atoms with Crippen molar-refractivity contribution in [3.05, 3.63) is 34.3 Å². The van der Waals surface area contributed by atoms with E-state index in [1.165, 1.54) is 0 Å². The molecular formula is C14H20BrNO2. The van der Waals surface area contributed by atoms with Crippen LogP contribution in [-0.2, 0) is 16.1 Å². The van der Waals surface area contributed by atoms with E-state index in [0.29, 0.717) is 6.54 Å². The number of rotatable bonds is 4. The lowest BCUT2D eigenvalue weighted by Gasteiger charge is -2.22. The molecule has 0 aliphatic rings. The summed E-state index contributed by atoms with van der Waals surface area (Å²) in [6, 6.07) is 7.68. The summed E-state index contributed by atoms with van der Waals surface area (Å²) in [5.41, 5.74) is 0.693. The van der Waals surface area contributed by atoms with Crippen molar-refractivity contribution in [1.82, 2.24) is 5.32 Å². The lowest BCUT2D eigenvalue weighted by molar-refractivity contribution is -0.157. The van der Waals surface area contributed by atoms with Crippen molar-refractivity contribution in [3.8, 4) is 0 Å². The van der Waals surface area contributed by atoms with Crippen molar-refractivity contribution < 1.29 is 9.53 Å². The fourth-order valence-corrected chi connectivity index (χ4v) is 1.61. The molecule has 1 N–H and O–H groups in total. The number of esters is 1. The Bertz CT molecular complexity index is 395. The minimum atomic E-state index is -0.440. The highest BCUT2D eigenvalue weighted by atomic mass is 79.9. The monoisotopic (exact) mass is 313 g/mol. The predicted octanol–water partition coefficient (Wildman–Crippen LogP) is 3.27. The van der Waals surface area contributed by atoms with E-state index in [-0.39, 0.29) is 12.0 Å². The third kappa shape index (κ3) is 5.65. The van der Waals surface area contributed by atoms with Gasteiger partial charge in [-0.25, -0.2) is 0 Å². The van der Waals surface area contributed by atoms with Crippen LogP contribution in [0.15, 0.2) is 28.7 Å². The Labute approximate surface area is 117 Å². The summed E-state index contributed by atoms with van der Waals surface area (Å²) in [4.78, 5) is 11.7. The van der Waals surface area contributed by atoms with Crippen LogP contribution in [0.4, 0.5) is 0 Å². The minimum absolute atomic E-state index is 0.223. The first kappa shape index (κ1) is 15.2. The topological polar surface area (TPSA) is 38.3 Å². The van der Waals surface area contributed by atoms with Crippen LogP contribution in [0.25, 0.3) is 0 Å². The second kappa shape index (κ2) is 6.34. The molecule has 1 rings (SSSR count). The molecule has 3 nitrogen and oxygen atoms in total. The van der Waals surface area contributed by atoms with Crippen LogP contribution in [-0.4, -0.2) is 17.6 Å². The molecule has 0 saturated carbocycles. The van der Waals surface area contributed by atoms with Crippen molar-refractivity contribution in [2.24, 2.45) is 0 Å². The van der Waals surface area contributed by atoms with Crippen molar-refractivity contribution in [2.45, 2.75) is 45.9 Å². The number of hydrogen-bond donors (Lipinski definition) is 1. The average molecular weight is 314 g/mol. The molecule has 0 spiro atoms. The third-order valence-corrected chi connectivity index (χ3v) is 2.81. The van der Waals surface area contributed by atoms with E-state index in [4.69, 9.17) is 4.74 Å². The van der Waals surface area contributed by atoms with Crippen LogP contribution in [0.3, 0.4) is 0 Å². The second-order valence-electron chi connectivity index (χ2n) is 5.26. The van der Waals surface area contributed by atoms with Crippen molar-refractivity contribution >= 4 is 21.9 Å². The number of halogens is 1. The largest absolute Gasteiger partial charge is 0.459 e. The van der Waals surface area contributed by atoms with E-state index < -0.39 is 5.60 Å². The molecule has 1 unspecified atom stereocenters. The Morgan fingerprint density at radius 3 is 2.39 bits per heavy atom. The molecule has 0 fully saturated rings. The Morgan fingerprint density at radius 2 is 1.89 bits per heavy atom. The summed E-state index contributed by atoms with van der Waals surface area (Å²) in [5, 5.41) is 3.15. The highest BCUT2D eigenvalue weighted by molar-refractivity contribution is 9.10. The SMILES string of the molecule is CC(NCc1ccc(Br)cc1)C(=O)OC(C)(C)C. The predicted molar refractivity (Wildman–Crippen MR) is 76.3 cm³/mol. The quantitative estimate of drug-likeness (QED) is 0.867. The zero-order valence-electron chi connectivity index (χ0n) is 11.3. The molecular weight excluding hydrogens is 294 g/mol. The zero-order chi connectivity index (χ0) is 13.8. The standard InChI is InChI=1S/C14H20BrNO2/c1-10(13(17)18-14(2,3)4)16-9-11-5-7-12(15)8-6-11/h5-8,10,16H,9H2,1-4H3. The maximum absolute atomic E-state index is 11.7. The van der Waals surface area contributed by atoms with E-state index in [9.17, 15) is 4.79 Å². The maximum atomic E-state index is 11.7. The molecule has 1 aromatic rings. The van der Waals surface area contributed by atoms with Gasteiger partial charge in [0, 0.05) is 11.0 Å². The highest BCUT2D eigenvalue weighted by Gasteiger charge is 2.21. The number of carbonyl (C=O) groups excluding carboxylic acids is 1. The van der Waals surface area contributed by atoms with Gasteiger partial charge in [-0.1, -0.05) is 28.1 Å². The van der Waals surface area contributed by atoms with Gasteiger partial charge in [0.2, 0.25) is 0 Å². The van der Waals surface area contributed by atoms with E-state index in [0.717, 1.165) is 10.0 Å². The van der Waals surface area contributed by atoms with E-state index in [2.05, 4.69) is 21.2 Å². The van der Waals surface area contributed by atoms with Gasteiger partial charge in [0.15, 0.2) is 0 Å². The first-order chi connectivity index (χ1) is 8.28. The minimum Gasteiger partial charge on any atom is -0.459 e. The Balaban J connectivity index is 2.43. The number of ether oxygens (including phenoxy) is 1. The fraction of sp³-hybridized carbons (Fsp3) is 0.500. The molecule has 0 aromatic heterocycles. The second-order valence-corrected chi connectivity index (χ2v) is 6.18. The maximum Gasteiger partial charge on any atom is 0.323 e. The molecule has 0 radical (unpaired) electrons. The molecule has 0 aliphatic heterocycles. The van der Waals surface area contributed by atoms with Gasteiger partial charge in [-0.15, -0.1) is 0 Å². The summed E-state index contributed by atoms with van der Waals surface area (Å²) >= 11 is 3.39. The van der Waals surface area contributed by atoms with E-state index >= 15 is 0 Å². The van der Waals surface area contributed by atoms with Gasteiger partial charge < -0.3 is 10.1 Å². The number of benzene rings is 1. The van der Waals surface area contributed by atoms with Gasteiger partial charge in [0.25, 0.3) is 0 Å². The smallest absolute Gasteiger partial charge is 0.323 e. The van der Waals surface area contributed by atoms with Crippen molar-refractivity contribution in [1.29, 1.82) is 0 Å². The summed E-state index contributed by atoms with van der Waals surface area (Å²) in [7, 11) is 0. The molecule has 100 valence electrons. The normalized spacial score (nSPS) is 13.2. The summed E-state index contributed by atoms with van der Waals surface area (Å²) in [5.74, 6) is -0.223. The molecule has 0 saturated heterocycles.